The first kappa shape index (κ1) is 11.0. The molecule has 1 aliphatic heterocycles. The second-order valence-corrected chi connectivity index (χ2v) is 3.93. The Morgan fingerprint density at radius 3 is 3.00 bits per heavy atom. The van der Waals surface area contributed by atoms with Gasteiger partial charge in [-0.05, 0) is 37.1 Å². The highest BCUT2D eigenvalue weighted by Crippen LogP contribution is 2.28. The number of nitrogens with zero attached hydrogens (tertiary/aromatic N) is 1. The Morgan fingerprint density at radius 1 is 1.38 bits per heavy atom. The van der Waals surface area contributed by atoms with E-state index in [0.29, 0.717) is 5.75 Å². The Morgan fingerprint density at radius 2 is 2.19 bits per heavy atom. The number of hydrogen-bond acceptors (Lipinski definition) is 2. The topological polar surface area (TPSA) is 48.4 Å². The van der Waals surface area contributed by atoms with E-state index in [4.69, 9.17) is 0 Å². The summed E-state index contributed by atoms with van der Waals surface area (Å²) in [5, 5.41) is 10.6. The molecule has 1 aliphatic rings. The summed E-state index contributed by atoms with van der Waals surface area (Å²) in [7, 11) is 0. The lowest BCUT2D eigenvalue weighted by atomic mass is 10.0. The summed E-state index contributed by atoms with van der Waals surface area (Å²) in [4.78, 5) is 7.76. The first-order chi connectivity index (χ1) is 7.25. The molecule has 1 aromatic heterocycles. The maximum atomic E-state index is 9.47. The number of phenolic OH excluding ortho intramolecular Hbond substituents is 1. The van der Waals surface area contributed by atoms with Gasteiger partial charge in [-0.25, -0.2) is 0 Å². The lowest BCUT2D eigenvalue weighted by molar-refractivity contribution is 0.476. The summed E-state index contributed by atoms with van der Waals surface area (Å²) in [5.41, 5.74) is 4.55. The average molecular weight is 237 g/mol. The molecule has 0 bridgehead atoms. The van der Waals surface area contributed by atoms with Gasteiger partial charge < -0.3 is 10.1 Å². The highest BCUT2D eigenvalue weighted by Gasteiger charge is 2.16. The van der Waals surface area contributed by atoms with Crippen LogP contribution in [0.5, 0.6) is 5.75 Å². The number of aromatic nitrogens is 1. The van der Waals surface area contributed by atoms with Crippen molar-refractivity contribution in [1.82, 2.24) is 4.98 Å². The quantitative estimate of drug-likeness (QED) is 0.726. The first-order valence-corrected chi connectivity index (χ1v) is 5.11. The van der Waals surface area contributed by atoms with Gasteiger partial charge in [-0.3, -0.25) is 4.99 Å². The average Bonchev–Trinajstić information content (AvgIpc) is 2.58. The Balaban J connectivity index is 0.000000963. The molecule has 0 saturated heterocycles. The van der Waals surface area contributed by atoms with Gasteiger partial charge in [-0.1, -0.05) is 0 Å². The molecule has 0 amide bonds. The van der Waals surface area contributed by atoms with Crippen LogP contribution in [0, 0.1) is 0 Å². The van der Waals surface area contributed by atoms with E-state index in [-0.39, 0.29) is 12.4 Å². The molecule has 0 aliphatic carbocycles. The maximum Gasteiger partial charge on any atom is 0.116 e. The van der Waals surface area contributed by atoms with Crippen LogP contribution in [0.4, 0.5) is 0 Å². The van der Waals surface area contributed by atoms with Crippen LogP contribution < -0.4 is 0 Å². The second kappa shape index (κ2) is 3.83. The van der Waals surface area contributed by atoms with E-state index in [0.717, 1.165) is 35.3 Å². The molecule has 2 N–H and O–H groups in total. The molecule has 0 atom stereocenters. The van der Waals surface area contributed by atoms with E-state index in [1.165, 1.54) is 5.56 Å². The summed E-state index contributed by atoms with van der Waals surface area (Å²) < 4.78 is 0. The summed E-state index contributed by atoms with van der Waals surface area (Å²) in [5.74, 6) is 0.324. The minimum absolute atomic E-state index is 0. The Kier molecular flexibility index (Phi) is 2.64. The van der Waals surface area contributed by atoms with Crippen molar-refractivity contribution in [3.63, 3.8) is 0 Å². The van der Waals surface area contributed by atoms with E-state index in [1.807, 2.05) is 19.1 Å². The number of H-pyrrole nitrogens is 1. The molecule has 0 fully saturated rings. The predicted octanol–water partition coefficient (Wildman–Crippen LogP) is 2.66. The zero-order chi connectivity index (χ0) is 10.4. The number of hydrogen-bond donors (Lipinski definition) is 2. The lowest BCUT2D eigenvalue weighted by Gasteiger charge is -2.09. The monoisotopic (exact) mass is 236 g/mol. The zero-order valence-corrected chi connectivity index (χ0v) is 9.77. The summed E-state index contributed by atoms with van der Waals surface area (Å²) in [6, 6.07) is 5.44. The Labute approximate surface area is 99.6 Å². The minimum Gasteiger partial charge on any atom is -0.508 e. The van der Waals surface area contributed by atoms with Crippen molar-refractivity contribution in [3.05, 3.63) is 29.5 Å². The third kappa shape index (κ3) is 1.48. The van der Waals surface area contributed by atoms with Crippen molar-refractivity contribution in [2.45, 2.75) is 13.3 Å². The zero-order valence-electron chi connectivity index (χ0n) is 8.95. The fourth-order valence-electron chi connectivity index (χ4n) is 2.22. The van der Waals surface area contributed by atoms with E-state index in [9.17, 15) is 5.11 Å². The van der Waals surface area contributed by atoms with Crippen molar-refractivity contribution in [3.8, 4) is 5.75 Å². The molecule has 0 saturated carbocycles. The molecule has 84 valence electrons. The fourth-order valence-corrected chi connectivity index (χ4v) is 2.22. The molecule has 1 aromatic carbocycles. The van der Waals surface area contributed by atoms with Gasteiger partial charge in [-0.15, -0.1) is 12.4 Å². The second-order valence-electron chi connectivity index (χ2n) is 3.93. The van der Waals surface area contributed by atoms with Crippen LogP contribution in [0.2, 0.25) is 0 Å². The normalized spacial score (nSPS) is 14.2. The van der Waals surface area contributed by atoms with Crippen LogP contribution in [0.15, 0.2) is 23.2 Å². The van der Waals surface area contributed by atoms with E-state index < -0.39 is 0 Å². The maximum absolute atomic E-state index is 9.47. The number of rotatable bonds is 0. The molecule has 0 unspecified atom stereocenters. The SMILES string of the molecule is CC1=NCCc2c1[nH]c1ccc(O)cc21.Cl. The lowest BCUT2D eigenvalue weighted by Crippen LogP contribution is -2.08. The molecule has 2 heterocycles. The van der Waals surface area contributed by atoms with E-state index in [2.05, 4.69) is 9.98 Å². The van der Waals surface area contributed by atoms with Crippen molar-refractivity contribution in [2.75, 3.05) is 6.54 Å². The number of aromatic hydroxyl groups is 1. The van der Waals surface area contributed by atoms with E-state index in [1.54, 1.807) is 6.07 Å². The number of benzene rings is 1. The van der Waals surface area contributed by atoms with Crippen LogP contribution in [-0.2, 0) is 6.42 Å². The standard InChI is InChI=1S/C12H12N2O.ClH/c1-7-12-9(4-5-13-7)10-6-8(15)2-3-11(10)14-12;/h2-3,6,14-15H,4-5H2,1H3;1H. The van der Waals surface area contributed by atoms with Crippen molar-refractivity contribution in [1.29, 1.82) is 0 Å². The molecule has 0 spiro atoms. The smallest absolute Gasteiger partial charge is 0.116 e. The minimum atomic E-state index is 0. The molecule has 3 nitrogen and oxygen atoms in total. The number of phenols is 1. The first-order valence-electron chi connectivity index (χ1n) is 5.11. The molecule has 16 heavy (non-hydrogen) atoms. The highest BCUT2D eigenvalue weighted by atomic mass is 35.5. The largest absolute Gasteiger partial charge is 0.508 e. The number of aromatic amines is 1. The van der Waals surface area contributed by atoms with Crippen molar-refractivity contribution < 1.29 is 5.11 Å². The van der Waals surface area contributed by atoms with Gasteiger partial charge in [0.2, 0.25) is 0 Å². The van der Waals surface area contributed by atoms with Gasteiger partial charge in [0.25, 0.3) is 0 Å². The van der Waals surface area contributed by atoms with Gasteiger partial charge in [0.15, 0.2) is 0 Å². The Hall–Kier alpha value is -1.48. The molecular weight excluding hydrogens is 224 g/mol. The molecule has 4 heteroatoms. The highest BCUT2D eigenvalue weighted by molar-refractivity contribution is 6.05. The molecule has 0 radical (unpaired) electrons. The fraction of sp³-hybridized carbons (Fsp3) is 0.250. The summed E-state index contributed by atoms with van der Waals surface area (Å²) in [6.45, 7) is 2.87. The Bertz CT molecular complexity index is 572. The van der Waals surface area contributed by atoms with Crippen molar-refractivity contribution in [2.24, 2.45) is 4.99 Å². The van der Waals surface area contributed by atoms with Crippen LogP contribution in [0.1, 0.15) is 18.2 Å². The number of aliphatic imine (C=N–C) groups is 1. The van der Waals surface area contributed by atoms with Gasteiger partial charge >= 0.3 is 0 Å². The van der Waals surface area contributed by atoms with Gasteiger partial charge in [0.05, 0.1) is 11.4 Å². The van der Waals surface area contributed by atoms with Crippen molar-refractivity contribution >= 4 is 29.0 Å². The van der Waals surface area contributed by atoms with E-state index >= 15 is 0 Å². The van der Waals surface area contributed by atoms with Crippen LogP contribution in [0.25, 0.3) is 10.9 Å². The van der Waals surface area contributed by atoms with Gasteiger partial charge in [0, 0.05) is 17.4 Å². The number of nitrogens with one attached hydrogen (secondary N) is 1. The van der Waals surface area contributed by atoms with Crippen LogP contribution in [-0.4, -0.2) is 22.3 Å². The molecule has 2 aromatic rings. The molecule has 3 rings (SSSR count). The summed E-state index contributed by atoms with van der Waals surface area (Å²) >= 11 is 0. The van der Waals surface area contributed by atoms with Crippen LogP contribution >= 0.6 is 12.4 Å². The predicted molar refractivity (Wildman–Crippen MR) is 68.0 cm³/mol. The van der Waals surface area contributed by atoms with Gasteiger partial charge in [0.1, 0.15) is 5.75 Å². The summed E-state index contributed by atoms with van der Waals surface area (Å²) in [6.07, 6.45) is 0.954. The van der Waals surface area contributed by atoms with Crippen LogP contribution in [0.3, 0.4) is 0 Å². The number of halogens is 1. The van der Waals surface area contributed by atoms with Gasteiger partial charge in [-0.2, -0.15) is 0 Å². The third-order valence-corrected chi connectivity index (χ3v) is 2.96. The third-order valence-electron chi connectivity index (χ3n) is 2.96. The number of fused-ring (bicyclic) bond motifs is 3. The molecular formula is C12H13ClN2O.